The van der Waals surface area contributed by atoms with Gasteiger partial charge >= 0.3 is 0 Å². The Morgan fingerprint density at radius 2 is 1.63 bits per heavy atom. The van der Waals surface area contributed by atoms with Gasteiger partial charge in [-0.25, -0.2) is 9.97 Å². The van der Waals surface area contributed by atoms with Crippen LogP contribution in [0.15, 0.2) is 77.7 Å². The molecule has 1 amide bonds. The second-order valence-electron chi connectivity index (χ2n) is 8.88. The molecule has 0 atom stereocenters. The summed E-state index contributed by atoms with van der Waals surface area (Å²) >= 11 is 0. The van der Waals surface area contributed by atoms with Crippen molar-refractivity contribution in [1.29, 1.82) is 0 Å². The summed E-state index contributed by atoms with van der Waals surface area (Å²) < 4.78 is 1.69. The van der Waals surface area contributed by atoms with Crippen LogP contribution in [0.3, 0.4) is 0 Å². The smallest absolute Gasteiger partial charge is 0.295 e. The minimum Gasteiger partial charge on any atom is -0.378 e. The van der Waals surface area contributed by atoms with Gasteiger partial charge in [-0.2, -0.15) is 0 Å². The Morgan fingerprint density at radius 3 is 2.31 bits per heavy atom. The molecular weight excluding hydrogens is 440 g/mol. The van der Waals surface area contributed by atoms with Crippen molar-refractivity contribution in [3.63, 3.8) is 0 Å². The molecule has 8 nitrogen and oxygen atoms in total. The minimum absolute atomic E-state index is 0.00659. The van der Waals surface area contributed by atoms with Crippen LogP contribution in [0, 0.1) is 0 Å². The number of benzene rings is 2. The average molecular weight is 469 g/mol. The Morgan fingerprint density at radius 1 is 0.914 bits per heavy atom. The molecule has 1 saturated heterocycles. The maximum absolute atomic E-state index is 13.5. The van der Waals surface area contributed by atoms with Crippen molar-refractivity contribution in [2.75, 3.05) is 50.1 Å². The van der Waals surface area contributed by atoms with Crippen LogP contribution in [0.25, 0.3) is 11.2 Å². The number of carbonyl (C=O) groups is 1. The molecule has 5 rings (SSSR count). The number of piperazine rings is 1. The summed E-state index contributed by atoms with van der Waals surface area (Å²) in [6, 6.07) is 21.2. The number of rotatable bonds is 5. The lowest BCUT2D eigenvalue weighted by Crippen LogP contribution is -2.50. The van der Waals surface area contributed by atoms with Gasteiger partial charge in [-0.3, -0.25) is 14.2 Å². The first kappa shape index (κ1) is 22.6. The predicted molar refractivity (Wildman–Crippen MR) is 138 cm³/mol. The van der Waals surface area contributed by atoms with E-state index in [1.807, 2.05) is 95.5 Å². The number of anilines is 2. The lowest BCUT2D eigenvalue weighted by Gasteiger charge is -2.35. The van der Waals surface area contributed by atoms with E-state index in [4.69, 9.17) is 0 Å². The van der Waals surface area contributed by atoms with Crippen molar-refractivity contribution in [2.24, 2.45) is 0 Å². The second-order valence-corrected chi connectivity index (χ2v) is 8.88. The van der Waals surface area contributed by atoms with Crippen LogP contribution in [0.5, 0.6) is 0 Å². The first-order valence-electron chi connectivity index (χ1n) is 11.7. The van der Waals surface area contributed by atoms with Crippen LogP contribution >= 0.6 is 0 Å². The normalized spacial score (nSPS) is 13.8. The second kappa shape index (κ2) is 9.58. The van der Waals surface area contributed by atoms with Gasteiger partial charge in [0.1, 0.15) is 5.52 Å². The summed E-state index contributed by atoms with van der Waals surface area (Å²) in [6.07, 6.45) is 1.68. The van der Waals surface area contributed by atoms with Crippen LogP contribution in [0.1, 0.15) is 15.9 Å². The fraction of sp³-hybridized carbons (Fsp3) is 0.259. The molecule has 0 bridgehead atoms. The van der Waals surface area contributed by atoms with Crippen LogP contribution in [0.2, 0.25) is 0 Å². The number of amides is 1. The van der Waals surface area contributed by atoms with Crippen molar-refractivity contribution in [2.45, 2.75) is 6.54 Å². The van der Waals surface area contributed by atoms with Gasteiger partial charge in [0.2, 0.25) is 0 Å². The predicted octanol–water partition coefficient (Wildman–Crippen LogP) is 2.87. The molecule has 2 aromatic heterocycles. The molecule has 3 heterocycles. The highest BCUT2D eigenvalue weighted by atomic mass is 16.2. The molecule has 35 heavy (non-hydrogen) atoms. The molecule has 0 spiro atoms. The Hall–Kier alpha value is -4.20. The summed E-state index contributed by atoms with van der Waals surface area (Å²) in [5.41, 5.74) is 3.82. The largest absolute Gasteiger partial charge is 0.378 e. The topological polar surface area (TPSA) is 74.6 Å². The number of pyridine rings is 1. The molecule has 0 unspecified atom stereocenters. The van der Waals surface area contributed by atoms with Crippen LogP contribution in [0.4, 0.5) is 11.5 Å². The zero-order chi connectivity index (χ0) is 24.4. The van der Waals surface area contributed by atoms with Gasteiger partial charge in [0.25, 0.3) is 11.5 Å². The summed E-state index contributed by atoms with van der Waals surface area (Å²) in [7, 11) is 3.95. The molecule has 1 aliphatic heterocycles. The van der Waals surface area contributed by atoms with E-state index in [-0.39, 0.29) is 11.5 Å². The lowest BCUT2D eigenvalue weighted by molar-refractivity contribution is 0.0746. The number of aromatic nitrogens is 3. The molecule has 0 aliphatic carbocycles. The standard InChI is InChI=1S/C27H28N6O2/c1-30(2)22-12-10-21(11-13-22)26(34)32-17-15-31(16-18-32)25-27(35)33(19-20-7-4-3-5-8-20)24-23(29-25)9-6-14-28-24/h3-14H,15-19H2,1-2H3. The number of nitrogens with zero attached hydrogens (tertiary/aromatic N) is 6. The molecule has 0 saturated carbocycles. The van der Waals surface area contributed by atoms with Crippen LogP contribution in [-0.4, -0.2) is 65.6 Å². The first-order chi connectivity index (χ1) is 17.0. The molecule has 0 N–H and O–H groups in total. The number of hydrogen-bond donors (Lipinski definition) is 0. The highest BCUT2D eigenvalue weighted by Gasteiger charge is 2.25. The van der Waals surface area contributed by atoms with E-state index in [9.17, 15) is 9.59 Å². The first-order valence-corrected chi connectivity index (χ1v) is 11.7. The molecule has 0 radical (unpaired) electrons. The molecular formula is C27H28N6O2. The van der Waals surface area contributed by atoms with Gasteiger partial charge in [-0.1, -0.05) is 30.3 Å². The van der Waals surface area contributed by atoms with Crippen molar-refractivity contribution in [1.82, 2.24) is 19.4 Å². The van der Waals surface area contributed by atoms with Gasteiger partial charge in [0.05, 0.1) is 6.54 Å². The van der Waals surface area contributed by atoms with Gasteiger partial charge < -0.3 is 14.7 Å². The molecule has 8 heteroatoms. The number of fused-ring (bicyclic) bond motifs is 1. The average Bonchev–Trinajstić information content (AvgIpc) is 2.90. The van der Waals surface area contributed by atoms with Gasteiger partial charge in [0, 0.05) is 57.7 Å². The summed E-state index contributed by atoms with van der Waals surface area (Å²) in [4.78, 5) is 41.5. The fourth-order valence-corrected chi connectivity index (χ4v) is 4.39. The van der Waals surface area contributed by atoms with E-state index in [1.165, 1.54) is 0 Å². The minimum atomic E-state index is -0.167. The van der Waals surface area contributed by atoms with E-state index in [0.717, 1.165) is 11.3 Å². The van der Waals surface area contributed by atoms with E-state index < -0.39 is 0 Å². The zero-order valence-electron chi connectivity index (χ0n) is 20.0. The fourth-order valence-electron chi connectivity index (χ4n) is 4.39. The quantitative estimate of drug-likeness (QED) is 0.449. The third kappa shape index (κ3) is 4.59. The summed E-state index contributed by atoms with van der Waals surface area (Å²) in [5.74, 6) is 0.413. The number of carbonyl (C=O) groups excluding carboxylic acids is 1. The van der Waals surface area contributed by atoms with E-state index in [0.29, 0.717) is 55.3 Å². The zero-order valence-corrected chi connectivity index (χ0v) is 20.0. The Bertz CT molecular complexity index is 1390. The Balaban J connectivity index is 1.37. The molecule has 4 aromatic rings. The van der Waals surface area contributed by atoms with Crippen molar-refractivity contribution in [3.05, 3.63) is 94.4 Å². The van der Waals surface area contributed by atoms with E-state index in [2.05, 4.69) is 9.97 Å². The van der Waals surface area contributed by atoms with Crippen LogP contribution in [-0.2, 0) is 6.54 Å². The lowest BCUT2D eigenvalue weighted by atomic mass is 10.1. The number of hydrogen-bond acceptors (Lipinski definition) is 6. The van der Waals surface area contributed by atoms with Crippen LogP contribution < -0.4 is 15.4 Å². The Kier molecular flexibility index (Phi) is 6.18. The van der Waals surface area contributed by atoms with Crippen molar-refractivity contribution < 1.29 is 4.79 Å². The summed E-state index contributed by atoms with van der Waals surface area (Å²) in [5, 5.41) is 0. The SMILES string of the molecule is CN(C)c1ccc(C(=O)N2CCN(c3nc4cccnc4n(Cc4ccccc4)c3=O)CC2)cc1. The molecule has 178 valence electrons. The third-order valence-corrected chi connectivity index (χ3v) is 6.37. The van der Waals surface area contributed by atoms with Crippen molar-refractivity contribution >= 4 is 28.6 Å². The van der Waals surface area contributed by atoms with Gasteiger partial charge in [0.15, 0.2) is 11.5 Å². The highest BCUT2D eigenvalue weighted by Crippen LogP contribution is 2.18. The monoisotopic (exact) mass is 468 g/mol. The third-order valence-electron chi connectivity index (χ3n) is 6.37. The molecule has 2 aromatic carbocycles. The Labute approximate surface area is 204 Å². The maximum Gasteiger partial charge on any atom is 0.295 e. The molecule has 1 fully saturated rings. The van der Waals surface area contributed by atoms with Gasteiger partial charge in [-0.05, 0) is 42.0 Å². The highest BCUT2D eigenvalue weighted by molar-refractivity contribution is 5.94. The van der Waals surface area contributed by atoms with E-state index in [1.54, 1.807) is 10.8 Å². The van der Waals surface area contributed by atoms with Crippen molar-refractivity contribution in [3.8, 4) is 0 Å². The van der Waals surface area contributed by atoms with E-state index >= 15 is 0 Å². The van der Waals surface area contributed by atoms with Gasteiger partial charge in [-0.15, -0.1) is 0 Å². The maximum atomic E-state index is 13.5. The summed E-state index contributed by atoms with van der Waals surface area (Å²) in [6.45, 7) is 2.56. The molecule has 1 aliphatic rings.